The molecule has 0 bridgehead atoms. The van der Waals surface area contributed by atoms with Crippen LogP contribution < -0.4 is 15.8 Å². The highest BCUT2D eigenvalue weighted by molar-refractivity contribution is 5.92. The van der Waals surface area contributed by atoms with Gasteiger partial charge in [0, 0.05) is 24.1 Å². The second-order valence-corrected chi connectivity index (χ2v) is 5.00. The monoisotopic (exact) mass is 309 g/mol. The molecule has 0 aliphatic carbocycles. The third-order valence-corrected chi connectivity index (χ3v) is 3.68. The van der Waals surface area contributed by atoms with Crippen molar-refractivity contribution in [3.63, 3.8) is 0 Å². The number of hydrogen-bond acceptors (Lipinski definition) is 5. The minimum atomic E-state index is -0.493. The van der Waals surface area contributed by atoms with Crippen LogP contribution in [0.15, 0.2) is 58.5 Å². The molecule has 0 atom stereocenters. The van der Waals surface area contributed by atoms with Gasteiger partial charge < -0.3 is 14.5 Å². The number of rotatable bonds is 2. The maximum Gasteiger partial charge on any atom is 0.299 e. The molecule has 3 aromatic rings. The minimum absolute atomic E-state index is 0.262. The van der Waals surface area contributed by atoms with Crippen LogP contribution in [-0.2, 0) is 7.05 Å². The van der Waals surface area contributed by atoms with Crippen molar-refractivity contribution >= 4 is 10.9 Å². The van der Waals surface area contributed by atoms with E-state index < -0.39 is 5.56 Å². The number of aryl methyl sites for hydroxylation is 1. The lowest BCUT2D eigenvalue weighted by molar-refractivity contribution is 0.297. The number of ether oxygens (including phenoxy) is 1. The molecule has 0 saturated carbocycles. The van der Waals surface area contributed by atoms with Crippen LogP contribution in [0.1, 0.15) is 0 Å². The van der Waals surface area contributed by atoms with Crippen LogP contribution in [0.5, 0.6) is 5.75 Å². The van der Waals surface area contributed by atoms with Gasteiger partial charge in [-0.25, -0.2) is 4.98 Å². The molecule has 6 nitrogen and oxygen atoms in total. The first-order valence-corrected chi connectivity index (χ1v) is 6.98. The molecule has 0 amide bonds. The molecule has 1 aromatic heterocycles. The molecular formula is C17H15N3O3. The Labute approximate surface area is 131 Å². The molecule has 3 rings (SSSR count). The van der Waals surface area contributed by atoms with Crippen LogP contribution in [0.25, 0.3) is 22.2 Å². The van der Waals surface area contributed by atoms with Gasteiger partial charge in [0.2, 0.25) is 0 Å². The molecule has 0 aliphatic heterocycles. The van der Waals surface area contributed by atoms with Gasteiger partial charge in [-0.2, -0.15) is 0 Å². The van der Waals surface area contributed by atoms with Crippen molar-refractivity contribution in [2.45, 2.75) is 0 Å². The predicted octanol–water partition coefficient (Wildman–Crippen LogP) is 1.90. The highest BCUT2D eigenvalue weighted by Gasteiger charge is 2.10. The molecule has 2 aromatic carbocycles. The van der Waals surface area contributed by atoms with Crippen molar-refractivity contribution in [1.82, 2.24) is 9.55 Å². The quantitative estimate of drug-likeness (QED) is 0.579. The summed E-state index contributed by atoms with van der Waals surface area (Å²) < 4.78 is 6.64. The summed E-state index contributed by atoms with van der Waals surface area (Å²) in [7, 11) is 3.17. The van der Waals surface area contributed by atoms with E-state index in [1.165, 1.54) is 4.57 Å². The van der Waals surface area contributed by atoms with Crippen molar-refractivity contribution in [1.29, 1.82) is 0 Å². The van der Waals surface area contributed by atoms with Crippen molar-refractivity contribution in [2.75, 3.05) is 7.11 Å². The summed E-state index contributed by atoms with van der Waals surface area (Å²) in [5, 5.41) is 13.0. The van der Waals surface area contributed by atoms with Gasteiger partial charge in [-0.05, 0) is 12.1 Å². The van der Waals surface area contributed by atoms with E-state index in [0.717, 1.165) is 10.9 Å². The van der Waals surface area contributed by atoms with Crippen LogP contribution in [0.4, 0.5) is 0 Å². The van der Waals surface area contributed by atoms with Crippen molar-refractivity contribution in [3.8, 4) is 17.0 Å². The van der Waals surface area contributed by atoms with Crippen LogP contribution in [0.3, 0.4) is 0 Å². The Morgan fingerprint density at radius 3 is 2.57 bits per heavy atom. The smallest absolute Gasteiger partial charge is 0.299 e. The Balaban J connectivity index is 2.57. The molecular weight excluding hydrogens is 294 g/mol. The first-order chi connectivity index (χ1) is 11.2. The predicted molar refractivity (Wildman–Crippen MR) is 86.3 cm³/mol. The molecule has 1 N–H and O–H groups in total. The summed E-state index contributed by atoms with van der Waals surface area (Å²) >= 11 is 0. The van der Waals surface area contributed by atoms with E-state index in [9.17, 15) is 4.79 Å². The zero-order valence-corrected chi connectivity index (χ0v) is 12.7. The highest BCUT2D eigenvalue weighted by Crippen LogP contribution is 2.26. The standard InChI is InChI=1S/C17H15N3O3/c1-20-14-10-12(23-2)8-9-13(14)15(11-6-4-3-5-7-11)18-16(19-22)17(20)21/h3-10,22H,1-2H3. The fourth-order valence-electron chi connectivity index (χ4n) is 2.47. The number of nitrogens with zero attached hydrogens (tertiary/aromatic N) is 3. The molecule has 23 heavy (non-hydrogen) atoms. The number of fused-ring (bicyclic) bond motifs is 1. The van der Waals surface area contributed by atoms with E-state index in [-0.39, 0.29) is 5.49 Å². The molecule has 0 saturated heterocycles. The molecule has 0 aliphatic rings. The van der Waals surface area contributed by atoms with Gasteiger partial charge in [-0.1, -0.05) is 35.5 Å². The Morgan fingerprint density at radius 1 is 1.17 bits per heavy atom. The lowest BCUT2D eigenvalue weighted by atomic mass is 10.1. The van der Waals surface area contributed by atoms with Gasteiger partial charge >= 0.3 is 0 Å². The fraction of sp³-hybridized carbons (Fsp3) is 0.118. The van der Waals surface area contributed by atoms with E-state index in [2.05, 4.69) is 10.1 Å². The molecule has 116 valence electrons. The van der Waals surface area contributed by atoms with E-state index in [0.29, 0.717) is 17.0 Å². The summed E-state index contributed by atoms with van der Waals surface area (Å²) in [5.41, 5.74) is 1.27. The molecule has 0 spiro atoms. The second kappa shape index (κ2) is 5.92. The zero-order valence-electron chi connectivity index (χ0n) is 12.7. The maximum absolute atomic E-state index is 12.4. The van der Waals surface area contributed by atoms with Crippen molar-refractivity contribution in [2.24, 2.45) is 12.2 Å². The molecule has 6 heteroatoms. The third-order valence-electron chi connectivity index (χ3n) is 3.68. The Morgan fingerprint density at radius 2 is 1.91 bits per heavy atom. The Hall–Kier alpha value is -3.15. The molecule has 0 fully saturated rings. The summed E-state index contributed by atoms with van der Waals surface area (Å²) in [4.78, 5) is 16.7. The number of aromatic nitrogens is 2. The number of hydrogen-bond donors (Lipinski definition) is 1. The van der Waals surface area contributed by atoms with Crippen LogP contribution in [-0.4, -0.2) is 21.9 Å². The van der Waals surface area contributed by atoms with E-state index >= 15 is 0 Å². The summed E-state index contributed by atoms with van der Waals surface area (Å²) in [6.07, 6.45) is 0. The van der Waals surface area contributed by atoms with E-state index in [1.807, 2.05) is 36.4 Å². The SMILES string of the molecule is COc1ccc2c(-c3ccccc3)nc(=NO)c(=O)n(C)c2c1. The van der Waals surface area contributed by atoms with Gasteiger partial charge in [0.15, 0.2) is 0 Å². The lowest BCUT2D eigenvalue weighted by Crippen LogP contribution is -2.32. The van der Waals surface area contributed by atoms with Gasteiger partial charge in [0.25, 0.3) is 11.0 Å². The van der Waals surface area contributed by atoms with Crippen molar-refractivity contribution < 1.29 is 9.94 Å². The Bertz CT molecular complexity index is 995. The average Bonchev–Trinajstić information content (AvgIpc) is 2.71. The zero-order chi connectivity index (χ0) is 16.4. The third kappa shape index (κ3) is 2.55. The van der Waals surface area contributed by atoms with Gasteiger partial charge in [0.05, 0.1) is 18.3 Å². The molecule has 0 unspecified atom stereocenters. The summed E-state index contributed by atoms with van der Waals surface area (Å²) in [5.74, 6) is 0.625. The van der Waals surface area contributed by atoms with Crippen molar-refractivity contribution in [3.05, 3.63) is 64.4 Å². The van der Waals surface area contributed by atoms with Gasteiger partial charge in [0.1, 0.15) is 5.75 Å². The number of benzene rings is 2. The number of methoxy groups -OCH3 is 1. The van der Waals surface area contributed by atoms with Crippen LogP contribution in [0.2, 0.25) is 0 Å². The first kappa shape index (κ1) is 14.8. The van der Waals surface area contributed by atoms with Gasteiger partial charge in [-0.15, -0.1) is 0 Å². The largest absolute Gasteiger partial charge is 0.497 e. The topological polar surface area (TPSA) is 76.7 Å². The maximum atomic E-state index is 12.4. The normalized spacial score (nSPS) is 11.7. The Kier molecular flexibility index (Phi) is 3.80. The van der Waals surface area contributed by atoms with Gasteiger partial charge in [-0.3, -0.25) is 4.79 Å². The second-order valence-electron chi connectivity index (χ2n) is 5.00. The molecule has 0 radical (unpaired) electrons. The highest BCUT2D eigenvalue weighted by atomic mass is 16.5. The van der Waals surface area contributed by atoms with Crippen LogP contribution in [0, 0.1) is 0 Å². The summed E-state index contributed by atoms with van der Waals surface area (Å²) in [6.45, 7) is 0. The molecule has 1 heterocycles. The average molecular weight is 309 g/mol. The van der Waals surface area contributed by atoms with E-state index in [1.54, 1.807) is 26.3 Å². The first-order valence-electron chi connectivity index (χ1n) is 6.98. The lowest BCUT2D eigenvalue weighted by Gasteiger charge is -2.06. The van der Waals surface area contributed by atoms with E-state index in [4.69, 9.17) is 9.94 Å². The summed E-state index contributed by atoms with van der Waals surface area (Å²) in [6, 6.07) is 14.8. The van der Waals surface area contributed by atoms with Crippen LogP contribution >= 0.6 is 0 Å². The minimum Gasteiger partial charge on any atom is -0.497 e. The fourth-order valence-corrected chi connectivity index (χ4v) is 2.47.